The van der Waals surface area contributed by atoms with E-state index in [1.165, 1.54) is 128 Å². The second kappa shape index (κ2) is 40.3. The largest absolute Gasteiger partial charge is 2.00 e. The maximum Gasteiger partial charge on any atom is 2.00 e. The van der Waals surface area contributed by atoms with E-state index in [4.69, 9.17) is 10.2 Å². The Labute approximate surface area is 270 Å². The van der Waals surface area contributed by atoms with Gasteiger partial charge in [-0.2, -0.15) is 0 Å². The van der Waals surface area contributed by atoms with Crippen molar-refractivity contribution in [1.82, 2.24) is 0 Å². The van der Waals surface area contributed by atoms with Crippen LogP contribution >= 0.6 is 0 Å². The van der Waals surface area contributed by atoms with Gasteiger partial charge in [0.15, 0.2) is 0 Å². The summed E-state index contributed by atoms with van der Waals surface area (Å²) in [6.45, 7) is 4.50. The molecule has 0 aliphatic rings. The zero-order valence-corrected chi connectivity index (χ0v) is 29.7. The van der Waals surface area contributed by atoms with Gasteiger partial charge in [0.05, 0.1) is 0 Å². The SMILES string of the molecule is CCCCCCCCCCCC(=O)O.CCCCCCCCCCCCCCCCCC(=O)O.[Ca+2].[H-].[H-].[Zn]. The van der Waals surface area contributed by atoms with Crippen LogP contribution in [0.15, 0.2) is 0 Å². The van der Waals surface area contributed by atoms with Crippen LogP contribution in [0.3, 0.4) is 0 Å². The predicted molar refractivity (Wildman–Crippen MR) is 155 cm³/mol. The molecule has 0 aliphatic heterocycles. The van der Waals surface area contributed by atoms with Gasteiger partial charge in [-0.1, -0.05) is 155 Å². The van der Waals surface area contributed by atoms with Gasteiger partial charge < -0.3 is 13.1 Å². The fourth-order valence-electron chi connectivity index (χ4n) is 4.23. The van der Waals surface area contributed by atoms with E-state index in [0.717, 1.165) is 25.7 Å². The van der Waals surface area contributed by atoms with E-state index in [2.05, 4.69) is 13.8 Å². The molecule has 0 aromatic heterocycles. The molecule has 0 spiro atoms. The third-order valence-electron chi connectivity index (χ3n) is 6.49. The zero-order chi connectivity index (χ0) is 25.5. The molecule has 0 radical (unpaired) electrons. The summed E-state index contributed by atoms with van der Waals surface area (Å²) in [6.07, 6.45) is 31.7. The maximum atomic E-state index is 10.3. The molecule has 0 heterocycles. The molecule has 0 saturated heterocycles. The van der Waals surface area contributed by atoms with Crippen molar-refractivity contribution >= 4 is 49.7 Å². The molecule has 0 saturated carbocycles. The van der Waals surface area contributed by atoms with Crippen LogP contribution in [0.2, 0.25) is 0 Å². The van der Waals surface area contributed by atoms with Crippen molar-refractivity contribution in [1.29, 1.82) is 0 Å². The molecule has 36 heavy (non-hydrogen) atoms. The van der Waals surface area contributed by atoms with Gasteiger partial charge in [0.25, 0.3) is 0 Å². The van der Waals surface area contributed by atoms with Crippen molar-refractivity contribution < 1.29 is 42.1 Å². The van der Waals surface area contributed by atoms with Crippen LogP contribution in [0.1, 0.15) is 184 Å². The Morgan fingerprint density at radius 1 is 0.417 bits per heavy atom. The molecule has 4 nitrogen and oxygen atoms in total. The van der Waals surface area contributed by atoms with Gasteiger partial charge in [-0.15, -0.1) is 0 Å². The van der Waals surface area contributed by atoms with Crippen LogP contribution in [0.25, 0.3) is 0 Å². The Hall–Kier alpha value is 0.823. The maximum absolute atomic E-state index is 10.3. The molecular formula is C30H62CaO4Zn. The first kappa shape index (κ1) is 43.9. The monoisotopic (exact) mass is 590 g/mol. The molecule has 0 rings (SSSR count). The molecule has 6 heteroatoms. The second-order valence-corrected chi connectivity index (χ2v) is 10.1. The number of aliphatic carboxylic acids is 2. The van der Waals surface area contributed by atoms with E-state index in [-0.39, 0.29) is 60.1 Å². The molecule has 0 bridgehead atoms. The van der Waals surface area contributed by atoms with Crippen LogP contribution in [-0.4, -0.2) is 59.9 Å². The van der Waals surface area contributed by atoms with Gasteiger partial charge in [-0.05, 0) is 12.8 Å². The smallest absolute Gasteiger partial charge is 1.00 e. The van der Waals surface area contributed by atoms with Crippen molar-refractivity contribution in [2.45, 2.75) is 181 Å². The number of hydrogen-bond acceptors (Lipinski definition) is 2. The van der Waals surface area contributed by atoms with Crippen molar-refractivity contribution in [3.05, 3.63) is 0 Å². The molecule has 2 N–H and O–H groups in total. The summed E-state index contributed by atoms with van der Waals surface area (Å²) in [5.74, 6) is -1.31. The summed E-state index contributed by atoms with van der Waals surface area (Å²) in [4.78, 5) is 20.5. The van der Waals surface area contributed by atoms with Crippen molar-refractivity contribution in [3.63, 3.8) is 0 Å². The Bertz CT molecular complexity index is 433. The topological polar surface area (TPSA) is 74.6 Å². The molecule has 0 amide bonds. The van der Waals surface area contributed by atoms with E-state index < -0.39 is 11.9 Å². The predicted octanol–water partition coefficient (Wildman–Crippen LogP) is 10.2. The van der Waals surface area contributed by atoms with Gasteiger partial charge in [0, 0.05) is 32.3 Å². The number of rotatable bonds is 26. The Morgan fingerprint density at radius 3 is 0.750 bits per heavy atom. The second-order valence-electron chi connectivity index (χ2n) is 10.1. The average molecular weight is 592 g/mol. The number of hydrogen-bond donors (Lipinski definition) is 2. The van der Waals surface area contributed by atoms with Crippen LogP contribution in [0.4, 0.5) is 0 Å². The normalized spacial score (nSPS) is 10.1. The van der Waals surface area contributed by atoms with Crippen LogP contribution in [0.5, 0.6) is 0 Å². The van der Waals surface area contributed by atoms with Crippen molar-refractivity contribution in [2.75, 3.05) is 0 Å². The first-order valence-electron chi connectivity index (χ1n) is 15.0. The fourth-order valence-corrected chi connectivity index (χ4v) is 4.23. The molecule has 0 aromatic rings. The summed E-state index contributed by atoms with van der Waals surface area (Å²) in [6, 6.07) is 0. The standard InChI is InChI=1S/C18H36O2.C12H24O2.Ca.Zn.2H/c1-2-3-4-5-6-7-8-9-10-11-12-13-14-15-16-17-18(19)20;1-2-3-4-5-6-7-8-9-10-11-12(13)14;;;;/h2-17H2,1H3,(H,19,20);2-11H2,1H3,(H,13,14);;;;/q;;+2;;2*-1. The van der Waals surface area contributed by atoms with E-state index in [9.17, 15) is 9.59 Å². The summed E-state index contributed by atoms with van der Waals surface area (Å²) < 4.78 is 0. The van der Waals surface area contributed by atoms with Crippen LogP contribution in [-0.2, 0) is 29.1 Å². The molecule has 0 atom stereocenters. The van der Waals surface area contributed by atoms with Gasteiger partial charge in [-0.25, -0.2) is 0 Å². The first-order chi connectivity index (χ1) is 16.5. The molecule has 0 aromatic carbocycles. The Balaban J connectivity index is -0.000000128. The quantitative estimate of drug-likeness (QED) is 0.0775. The third kappa shape index (κ3) is 48.0. The molecule has 0 fully saturated rings. The average Bonchev–Trinajstić information content (AvgIpc) is 2.80. The fraction of sp³-hybridized carbons (Fsp3) is 0.933. The number of carboxylic acids is 2. The molecule has 0 aliphatic carbocycles. The summed E-state index contributed by atoms with van der Waals surface area (Å²) in [5, 5.41) is 16.9. The molecule has 210 valence electrons. The minimum Gasteiger partial charge on any atom is -1.00 e. The number of unbranched alkanes of at least 4 members (excludes halogenated alkanes) is 22. The zero-order valence-electron chi connectivity index (χ0n) is 26.5. The van der Waals surface area contributed by atoms with Crippen molar-refractivity contribution in [2.24, 2.45) is 0 Å². The molecule has 0 unspecified atom stereocenters. The van der Waals surface area contributed by atoms with Crippen LogP contribution < -0.4 is 0 Å². The summed E-state index contributed by atoms with van der Waals surface area (Å²) in [7, 11) is 0. The van der Waals surface area contributed by atoms with Gasteiger partial charge in [0.1, 0.15) is 0 Å². The Morgan fingerprint density at radius 2 is 0.583 bits per heavy atom. The number of carbonyl (C=O) groups is 2. The third-order valence-corrected chi connectivity index (χ3v) is 6.49. The van der Waals surface area contributed by atoms with E-state index >= 15 is 0 Å². The van der Waals surface area contributed by atoms with Crippen LogP contribution in [0, 0.1) is 0 Å². The Kier molecular flexibility index (Phi) is 49.1. The minimum atomic E-state index is -0.659. The van der Waals surface area contributed by atoms with Gasteiger partial charge in [-0.3, -0.25) is 9.59 Å². The minimum absolute atomic E-state index is 0. The molecular weight excluding hydrogens is 530 g/mol. The van der Waals surface area contributed by atoms with Gasteiger partial charge in [0.2, 0.25) is 0 Å². The number of carboxylic acid groups (broad SMARTS) is 2. The van der Waals surface area contributed by atoms with E-state index in [0.29, 0.717) is 12.8 Å². The van der Waals surface area contributed by atoms with Gasteiger partial charge >= 0.3 is 49.7 Å². The summed E-state index contributed by atoms with van der Waals surface area (Å²) >= 11 is 0. The van der Waals surface area contributed by atoms with E-state index in [1.807, 2.05) is 0 Å². The first-order valence-corrected chi connectivity index (χ1v) is 15.0. The van der Waals surface area contributed by atoms with E-state index in [1.54, 1.807) is 0 Å². The summed E-state index contributed by atoms with van der Waals surface area (Å²) in [5.41, 5.74) is 0. The van der Waals surface area contributed by atoms with Crippen molar-refractivity contribution in [3.8, 4) is 0 Å².